The number of aryl methyl sites for hydroxylation is 1. The molecule has 5 nitrogen and oxygen atoms in total. The molecule has 2 aromatic carbocycles. The second-order valence-electron chi connectivity index (χ2n) is 6.19. The van der Waals surface area contributed by atoms with E-state index in [-0.39, 0.29) is 0 Å². The van der Waals surface area contributed by atoms with Gasteiger partial charge in [0, 0.05) is 13.0 Å². The average molecular weight is 398 g/mol. The van der Waals surface area contributed by atoms with Crippen molar-refractivity contribution in [2.75, 3.05) is 19.8 Å². The zero-order valence-corrected chi connectivity index (χ0v) is 17.2. The van der Waals surface area contributed by atoms with Crippen molar-refractivity contribution in [2.45, 2.75) is 20.3 Å². The van der Waals surface area contributed by atoms with E-state index in [4.69, 9.17) is 21.7 Å². The molecule has 0 aliphatic rings. The molecule has 0 unspecified atom stereocenters. The van der Waals surface area contributed by atoms with Crippen molar-refractivity contribution in [3.8, 4) is 11.5 Å². The SMILES string of the molecule is C=CCNC(=S)N/N=C/c1ccc(OCCCOc2cccc(C)c2C)cc1. The van der Waals surface area contributed by atoms with Crippen LogP contribution in [0.4, 0.5) is 0 Å². The molecular weight excluding hydrogens is 370 g/mol. The molecule has 0 fully saturated rings. The lowest BCUT2D eigenvalue weighted by Crippen LogP contribution is -2.31. The number of rotatable bonds is 10. The third-order valence-electron chi connectivity index (χ3n) is 4.04. The summed E-state index contributed by atoms with van der Waals surface area (Å²) < 4.78 is 11.6. The molecule has 0 heterocycles. The first-order valence-electron chi connectivity index (χ1n) is 9.20. The van der Waals surface area contributed by atoms with E-state index < -0.39 is 0 Å². The third kappa shape index (κ3) is 7.40. The van der Waals surface area contributed by atoms with E-state index in [2.05, 4.69) is 42.3 Å². The zero-order valence-electron chi connectivity index (χ0n) is 16.4. The predicted molar refractivity (Wildman–Crippen MR) is 119 cm³/mol. The number of hydrogen-bond acceptors (Lipinski definition) is 4. The number of thiocarbonyl (C=S) groups is 1. The van der Waals surface area contributed by atoms with E-state index in [1.165, 1.54) is 11.1 Å². The van der Waals surface area contributed by atoms with Crippen molar-refractivity contribution in [2.24, 2.45) is 5.10 Å². The van der Waals surface area contributed by atoms with Gasteiger partial charge >= 0.3 is 0 Å². The van der Waals surface area contributed by atoms with Crippen molar-refractivity contribution in [1.29, 1.82) is 0 Å². The molecule has 0 spiro atoms. The molecule has 0 saturated carbocycles. The molecule has 0 amide bonds. The van der Waals surface area contributed by atoms with Gasteiger partial charge in [-0.05, 0) is 73.1 Å². The molecule has 28 heavy (non-hydrogen) atoms. The Balaban J connectivity index is 1.67. The maximum Gasteiger partial charge on any atom is 0.187 e. The van der Waals surface area contributed by atoms with Gasteiger partial charge in [-0.2, -0.15) is 5.10 Å². The van der Waals surface area contributed by atoms with Gasteiger partial charge in [0.15, 0.2) is 5.11 Å². The van der Waals surface area contributed by atoms with Gasteiger partial charge in [-0.25, -0.2) is 0 Å². The first kappa shape index (κ1) is 21.4. The number of nitrogens with one attached hydrogen (secondary N) is 2. The lowest BCUT2D eigenvalue weighted by Gasteiger charge is -2.11. The van der Waals surface area contributed by atoms with Crippen LogP contribution in [-0.4, -0.2) is 31.1 Å². The lowest BCUT2D eigenvalue weighted by atomic mass is 10.1. The molecular formula is C22H27N3O2S. The highest BCUT2D eigenvalue weighted by atomic mass is 32.1. The van der Waals surface area contributed by atoms with Crippen molar-refractivity contribution in [3.63, 3.8) is 0 Å². The van der Waals surface area contributed by atoms with E-state index in [1.54, 1.807) is 12.3 Å². The first-order chi connectivity index (χ1) is 13.6. The Morgan fingerprint density at radius 1 is 1.11 bits per heavy atom. The normalized spacial score (nSPS) is 10.5. The van der Waals surface area contributed by atoms with E-state index >= 15 is 0 Å². The summed E-state index contributed by atoms with van der Waals surface area (Å²) in [5, 5.41) is 7.48. The molecule has 0 atom stereocenters. The summed E-state index contributed by atoms with van der Waals surface area (Å²) >= 11 is 5.06. The van der Waals surface area contributed by atoms with Gasteiger partial charge in [-0.3, -0.25) is 5.43 Å². The molecule has 0 saturated heterocycles. The van der Waals surface area contributed by atoms with Crippen molar-refractivity contribution >= 4 is 23.5 Å². The summed E-state index contributed by atoms with van der Waals surface area (Å²) in [5.74, 6) is 1.76. The maximum absolute atomic E-state index is 5.84. The van der Waals surface area contributed by atoms with Gasteiger partial charge in [0.25, 0.3) is 0 Å². The van der Waals surface area contributed by atoms with Crippen molar-refractivity contribution < 1.29 is 9.47 Å². The van der Waals surface area contributed by atoms with Gasteiger partial charge in [0.1, 0.15) is 11.5 Å². The molecule has 0 aliphatic heterocycles. The van der Waals surface area contributed by atoms with E-state index in [0.717, 1.165) is 23.5 Å². The van der Waals surface area contributed by atoms with Gasteiger partial charge in [-0.15, -0.1) is 6.58 Å². The van der Waals surface area contributed by atoms with Crippen LogP contribution < -0.4 is 20.2 Å². The van der Waals surface area contributed by atoms with Crippen molar-refractivity contribution in [1.82, 2.24) is 10.7 Å². The summed E-state index contributed by atoms with van der Waals surface area (Å²) in [6, 6.07) is 13.8. The quantitative estimate of drug-likeness (QED) is 0.208. The van der Waals surface area contributed by atoms with Crippen LogP contribution in [0.25, 0.3) is 0 Å². The number of ether oxygens (including phenoxy) is 2. The van der Waals surface area contributed by atoms with Crippen LogP contribution in [0.2, 0.25) is 0 Å². The lowest BCUT2D eigenvalue weighted by molar-refractivity contribution is 0.246. The summed E-state index contributed by atoms with van der Waals surface area (Å²) in [6.07, 6.45) is 4.24. The minimum atomic E-state index is 0.458. The Kier molecular flexibility index (Phi) is 9.01. The third-order valence-corrected chi connectivity index (χ3v) is 4.27. The minimum Gasteiger partial charge on any atom is -0.493 e. The Morgan fingerprint density at radius 2 is 1.86 bits per heavy atom. The Labute approximate surface area is 172 Å². The van der Waals surface area contributed by atoms with Crippen LogP contribution in [0.3, 0.4) is 0 Å². The summed E-state index contributed by atoms with van der Waals surface area (Å²) in [5.41, 5.74) is 6.12. The number of hydrazone groups is 1. The van der Waals surface area contributed by atoms with E-state index in [9.17, 15) is 0 Å². The molecule has 2 aromatic rings. The average Bonchev–Trinajstić information content (AvgIpc) is 2.70. The summed E-state index contributed by atoms with van der Waals surface area (Å²) in [4.78, 5) is 0. The standard InChI is InChI=1S/C22H27N3O2S/c1-4-13-23-22(28)25-24-16-19-9-11-20(12-10-19)26-14-6-15-27-21-8-5-7-17(2)18(21)3/h4-5,7-12,16H,1,6,13-15H2,2-3H3,(H2,23,25,28)/b24-16+. The zero-order chi connectivity index (χ0) is 20.2. The smallest absolute Gasteiger partial charge is 0.187 e. The van der Waals surface area contributed by atoms with Crippen molar-refractivity contribution in [3.05, 3.63) is 71.8 Å². The van der Waals surface area contributed by atoms with Crippen LogP contribution >= 0.6 is 12.2 Å². The van der Waals surface area contributed by atoms with Gasteiger partial charge < -0.3 is 14.8 Å². The minimum absolute atomic E-state index is 0.458. The number of hydrogen-bond donors (Lipinski definition) is 2. The Morgan fingerprint density at radius 3 is 2.61 bits per heavy atom. The maximum atomic E-state index is 5.84. The molecule has 0 aromatic heterocycles. The fourth-order valence-corrected chi connectivity index (χ4v) is 2.47. The van der Waals surface area contributed by atoms with Crippen LogP contribution in [-0.2, 0) is 0 Å². The molecule has 0 aliphatic carbocycles. The topological polar surface area (TPSA) is 54.9 Å². The molecule has 0 radical (unpaired) electrons. The monoisotopic (exact) mass is 397 g/mol. The van der Waals surface area contributed by atoms with Crippen LogP contribution in [0.15, 0.2) is 60.2 Å². The molecule has 148 valence electrons. The highest BCUT2D eigenvalue weighted by molar-refractivity contribution is 7.80. The molecule has 2 rings (SSSR count). The second kappa shape index (κ2) is 11.8. The fourth-order valence-electron chi connectivity index (χ4n) is 2.33. The highest BCUT2D eigenvalue weighted by Gasteiger charge is 2.01. The van der Waals surface area contributed by atoms with Crippen LogP contribution in [0.5, 0.6) is 11.5 Å². The van der Waals surface area contributed by atoms with E-state index in [1.807, 2.05) is 36.4 Å². The highest BCUT2D eigenvalue weighted by Crippen LogP contribution is 2.20. The first-order valence-corrected chi connectivity index (χ1v) is 9.60. The molecule has 6 heteroatoms. The van der Waals surface area contributed by atoms with Crippen LogP contribution in [0.1, 0.15) is 23.1 Å². The van der Waals surface area contributed by atoms with Gasteiger partial charge in [-0.1, -0.05) is 18.2 Å². The number of nitrogens with zero attached hydrogens (tertiary/aromatic N) is 1. The van der Waals surface area contributed by atoms with Gasteiger partial charge in [0.05, 0.1) is 19.4 Å². The summed E-state index contributed by atoms with van der Waals surface area (Å²) in [7, 11) is 0. The van der Waals surface area contributed by atoms with Gasteiger partial charge in [0.2, 0.25) is 0 Å². The predicted octanol–water partition coefficient (Wildman–Crippen LogP) is 4.14. The Hall–Kier alpha value is -2.86. The Bertz CT molecular complexity index is 804. The largest absolute Gasteiger partial charge is 0.493 e. The fraction of sp³-hybridized carbons (Fsp3) is 0.273. The molecule has 0 bridgehead atoms. The second-order valence-corrected chi connectivity index (χ2v) is 6.59. The van der Waals surface area contributed by atoms with Crippen LogP contribution in [0, 0.1) is 13.8 Å². The molecule has 2 N–H and O–H groups in total. The summed E-state index contributed by atoms with van der Waals surface area (Å²) in [6.45, 7) is 9.60. The number of benzene rings is 2. The van der Waals surface area contributed by atoms with E-state index in [0.29, 0.717) is 24.9 Å².